The molecule has 0 aliphatic carbocycles. The van der Waals surface area contributed by atoms with Gasteiger partial charge in [-0.15, -0.1) is 0 Å². The number of nitrogens with one attached hydrogen (secondary N) is 1. The molecule has 3 N–H and O–H groups in total. The molecule has 1 aromatic rings. The minimum Gasteiger partial charge on any atom is -0.480 e. The quantitative estimate of drug-likeness (QED) is 0.696. The van der Waals surface area contributed by atoms with Gasteiger partial charge in [-0.2, -0.15) is 4.72 Å². The van der Waals surface area contributed by atoms with Gasteiger partial charge < -0.3 is 10.2 Å². The van der Waals surface area contributed by atoms with Gasteiger partial charge in [-0.1, -0.05) is 0 Å². The second-order valence-corrected chi connectivity index (χ2v) is 6.17. The van der Waals surface area contributed by atoms with Crippen LogP contribution in [-0.4, -0.2) is 37.2 Å². The Kier molecular flexibility index (Phi) is 5.41. The Balaban J connectivity index is 3.03. The molecule has 0 unspecified atom stereocenters. The molecule has 0 amide bonds. The molecular weight excluding hydrogens is 345 g/mol. The largest absolute Gasteiger partial charge is 0.480 e. The van der Waals surface area contributed by atoms with Crippen molar-refractivity contribution in [2.45, 2.75) is 17.4 Å². The fourth-order valence-corrected chi connectivity index (χ4v) is 2.74. The fourth-order valence-electron chi connectivity index (χ4n) is 1.26. The molecule has 1 rings (SSSR count). The predicted octanol–water partition coefficient (Wildman–Crippen LogP) is 0.702. The van der Waals surface area contributed by atoms with Crippen molar-refractivity contribution >= 4 is 31.9 Å². The van der Waals surface area contributed by atoms with Crippen molar-refractivity contribution in [2.24, 2.45) is 0 Å². The lowest BCUT2D eigenvalue weighted by Gasteiger charge is -2.13. The lowest BCUT2D eigenvalue weighted by Crippen LogP contribution is -2.41. The summed E-state index contributed by atoms with van der Waals surface area (Å²) < 4.78 is 38.9. The summed E-state index contributed by atoms with van der Waals surface area (Å²) in [7, 11) is -4.17. The van der Waals surface area contributed by atoms with E-state index in [1.807, 2.05) is 4.72 Å². The molecule has 0 aromatic heterocycles. The molecule has 1 atom stereocenters. The number of aliphatic hydroxyl groups is 1. The first kappa shape index (κ1) is 16.0. The van der Waals surface area contributed by atoms with Crippen LogP contribution in [0.5, 0.6) is 0 Å². The number of carboxylic acid groups (broad SMARTS) is 1. The van der Waals surface area contributed by atoms with E-state index in [1.54, 1.807) is 0 Å². The maximum atomic E-state index is 13.3. The van der Waals surface area contributed by atoms with Crippen LogP contribution in [0.1, 0.15) is 6.42 Å². The van der Waals surface area contributed by atoms with Gasteiger partial charge in [0.25, 0.3) is 0 Å². The average molecular weight is 356 g/mol. The standard InChI is InChI=1S/C10H11BrFNO5S/c11-7-2-1-6(5-8(7)12)19(17,18)13-9(3-4-14)10(15)16/h1-2,5,9,13-14H,3-4H2,(H,15,16)/t9-/m1/s1. The van der Waals surface area contributed by atoms with Crippen LogP contribution in [0.4, 0.5) is 4.39 Å². The monoisotopic (exact) mass is 355 g/mol. The number of hydrogen-bond donors (Lipinski definition) is 3. The van der Waals surface area contributed by atoms with Gasteiger partial charge in [-0.25, -0.2) is 12.8 Å². The molecule has 106 valence electrons. The van der Waals surface area contributed by atoms with Crippen LogP contribution >= 0.6 is 15.9 Å². The zero-order valence-corrected chi connectivity index (χ0v) is 11.9. The molecular formula is C10H11BrFNO5S. The Bertz CT molecular complexity index is 577. The number of rotatable bonds is 6. The summed E-state index contributed by atoms with van der Waals surface area (Å²) >= 11 is 2.88. The van der Waals surface area contributed by atoms with E-state index in [0.717, 1.165) is 12.1 Å². The minimum absolute atomic E-state index is 0.0941. The van der Waals surface area contributed by atoms with E-state index < -0.39 is 39.4 Å². The first-order valence-electron chi connectivity index (χ1n) is 5.09. The number of sulfonamides is 1. The van der Waals surface area contributed by atoms with Gasteiger partial charge in [0.05, 0.1) is 9.37 Å². The smallest absolute Gasteiger partial charge is 0.321 e. The Morgan fingerprint density at radius 2 is 2.11 bits per heavy atom. The zero-order chi connectivity index (χ0) is 14.6. The van der Waals surface area contributed by atoms with Crippen molar-refractivity contribution < 1.29 is 27.8 Å². The van der Waals surface area contributed by atoms with Crippen molar-refractivity contribution in [2.75, 3.05) is 6.61 Å². The molecule has 0 bridgehead atoms. The Morgan fingerprint density at radius 3 is 2.58 bits per heavy atom. The molecule has 0 aliphatic rings. The molecule has 0 saturated heterocycles. The summed E-state index contributed by atoms with van der Waals surface area (Å²) in [6, 6.07) is 1.63. The zero-order valence-electron chi connectivity index (χ0n) is 9.51. The van der Waals surface area contributed by atoms with Crippen molar-refractivity contribution in [3.05, 3.63) is 28.5 Å². The van der Waals surface area contributed by atoms with Crippen LogP contribution in [0.25, 0.3) is 0 Å². The van der Waals surface area contributed by atoms with E-state index in [9.17, 15) is 17.6 Å². The number of benzene rings is 1. The number of aliphatic carboxylic acids is 1. The summed E-state index contributed by atoms with van der Waals surface area (Å²) in [6.07, 6.45) is -0.284. The third kappa shape index (κ3) is 4.23. The van der Waals surface area contributed by atoms with Crippen LogP contribution in [0.15, 0.2) is 27.6 Å². The lowest BCUT2D eigenvalue weighted by atomic mass is 10.2. The highest BCUT2D eigenvalue weighted by molar-refractivity contribution is 9.10. The topological polar surface area (TPSA) is 104 Å². The third-order valence-electron chi connectivity index (χ3n) is 2.21. The number of carboxylic acids is 1. The molecule has 9 heteroatoms. The van der Waals surface area contributed by atoms with Gasteiger partial charge in [0.2, 0.25) is 10.0 Å². The first-order valence-corrected chi connectivity index (χ1v) is 7.36. The van der Waals surface area contributed by atoms with Gasteiger partial charge >= 0.3 is 5.97 Å². The molecule has 0 fully saturated rings. The van der Waals surface area contributed by atoms with E-state index in [-0.39, 0.29) is 10.9 Å². The maximum absolute atomic E-state index is 13.3. The summed E-state index contributed by atoms with van der Waals surface area (Å²) in [4.78, 5) is 10.4. The molecule has 0 radical (unpaired) electrons. The third-order valence-corrected chi connectivity index (χ3v) is 4.33. The van der Waals surface area contributed by atoms with Crippen LogP contribution in [-0.2, 0) is 14.8 Å². The van der Waals surface area contributed by atoms with Crippen LogP contribution in [0, 0.1) is 5.82 Å². The van der Waals surface area contributed by atoms with Gasteiger partial charge in [0.15, 0.2) is 0 Å². The van der Waals surface area contributed by atoms with Crippen LogP contribution in [0.3, 0.4) is 0 Å². The SMILES string of the molecule is O=C(O)[C@@H](CCO)NS(=O)(=O)c1ccc(Br)c(F)c1. The first-order chi connectivity index (χ1) is 8.77. The molecule has 6 nitrogen and oxygen atoms in total. The number of hydrogen-bond acceptors (Lipinski definition) is 4. The van der Waals surface area contributed by atoms with Crippen molar-refractivity contribution in [1.82, 2.24) is 4.72 Å². The van der Waals surface area contributed by atoms with E-state index in [0.29, 0.717) is 0 Å². The van der Waals surface area contributed by atoms with Gasteiger partial charge in [-0.05, 0) is 40.5 Å². The van der Waals surface area contributed by atoms with Gasteiger partial charge in [-0.3, -0.25) is 4.79 Å². The van der Waals surface area contributed by atoms with E-state index in [4.69, 9.17) is 10.2 Å². The molecule has 19 heavy (non-hydrogen) atoms. The van der Waals surface area contributed by atoms with Crippen LogP contribution in [0.2, 0.25) is 0 Å². The van der Waals surface area contributed by atoms with Crippen molar-refractivity contribution in [1.29, 1.82) is 0 Å². The van der Waals surface area contributed by atoms with E-state index >= 15 is 0 Å². The predicted molar refractivity (Wildman–Crippen MR) is 67.5 cm³/mol. The van der Waals surface area contributed by atoms with E-state index in [2.05, 4.69) is 15.9 Å². The summed E-state index contributed by atoms with van der Waals surface area (Å²) in [5, 5.41) is 17.5. The summed E-state index contributed by atoms with van der Waals surface area (Å²) in [5.74, 6) is -2.20. The number of halogens is 2. The summed E-state index contributed by atoms with van der Waals surface area (Å²) in [5.41, 5.74) is 0. The molecule has 0 aliphatic heterocycles. The maximum Gasteiger partial charge on any atom is 0.321 e. The van der Waals surface area contributed by atoms with Crippen molar-refractivity contribution in [3.8, 4) is 0 Å². The van der Waals surface area contributed by atoms with Crippen LogP contribution < -0.4 is 4.72 Å². The summed E-state index contributed by atoms with van der Waals surface area (Å²) in [6.45, 7) is -0.492. The average Bonchev–Trinajstić information content (AvgIpc) is 2.31. The van der Waals surface area contributed by atoms with Gasteiger partial charge in [0, 0.05) is 6.61 Å². The Labute approximate surface area is 117 Å². The highest BCUT2D eigenvalue weighted by atomic mass is 79.9. The second kappa shape index (κ2) is 6.42. The molecule has 1 aromatic carbocycles. The van der Waals surface area contributed by atoms with Crippen molar-refractivity contribution in [3.63, 3.8) is 0 Å². The molecule has 0 saturated carbocycles. The number of aliphatic hydroxyl groups excluding tert-OH is 1. The second-order valence-electron chi connectivity index (χ2n) is 3.60. The highest BCUT2D eigenvalue weighted by Crippen LogP contribution is 2.19. The minimum atomic E-state index is -4.17. The van der Waals surface area contributed by atoms with E-state index in [1.165, 1.54) is 6.07 Å². The normalized spacial score (nSPS) is 13.2. The Hall–Kier alpha value is -1.03. The highest BCUT2D eigenvalue weighted by Gasteiger charge is 2.25. The van der Waals surface area contributed by atoms with Gasteiger partial charge in [0.1, 0.15) is 11.9 Å². The lowest BCUT2D eigenvalue weighted by molar-refractivity contribution is -0.139. The fraction of sp³-hybridized carbons (Fsp3) is 0.300. The molecule has 0 heterocycles. The molecule has 0 spiro atoms. The Morgan fingerprint density at radius 1 is 1.47 bits per heavy atom. The number of carbonyl (C=O) groups is 1.